The number of nitrogens with zero attached hydrogens (tertiary/aromatic N) is 1. The topological polar surface area (TPSA) is 76.1 Å². The van der Waals surface area contributed by atoms with Crippen molar-refractivity contribution in [1.29, 1.82) is 0 Å². The highest BCUT2D eigenvalue weighted by atomic mass is 16.5. The van der Waals surface area contributed by atoms with E-state index in [9.17, 15) is 9.59 Å². The summed E-state index contributed by atoms with van der Waals surface area (Å²) >= 11 is 0. The van der Waals surface area contributed by atoms with Crippen molar-refractivity contribution in [3.05, 3.63) is 23.8 Å². The summed E-state index contributed by atoms with van der Waals surface area (Å²) in [5.74, 6) is 0.298. The van der Waals surface area contributed by atoms with E-state index in [0.717, 1.165) is 18.4 Å². The third kappa shape index (κ3) is 4.13. The lowest BCUT2D eigenvalue weighted by Gasteiger charge is -2.20. The van der Waals surface area contributed by atoms with Crippen molar-refractivity contribution >= 4 is 11.9 Å². The van der Waals surface area contributed by atoms with Crippen LogP contribution in [0.2, 0.25) is 0 Å². The van der Waals surface area contributed by atoms with Crippen LogP contribution in [0.4, 0.5) is 0 Å². The van der Waals surface area contributed by atoms with Gasteiger partial charge >= 0.3 is 5.97 Å². The van der Waals surface area contributed by atoms with Crippen LogP contribution in [-0.2, 0) is 16.0 Å². The summed E-state index contributed by atoms with van der Waals surface area (Å²) < 4.78 is 10.5. The van der Waals surface area contributed by atoms with Gasteiger partial charge in [0.1, 0.15) is 18.0 Å². The van der Waals surface area contributed by atoms with Gasteiger partial charge in [0, 0.05) is 12.5 Å². The number of benzene rings is 1. The molecule has 0 spiro atoms. The van der Waals surface area contributed by atoms with Gasteiger partial charge < -0.3 is 19.5 Å². The summed E-state index contributed by atoms with van der Waals surface area (Å²) in [5.41, 5.74) is 0.876. The van der Waals surface area contributed by atoms with Crippen LogP contribution >= 0.6 is 0 Å². The molecule has 0 aromatic heterocycles. The number of carbonyl (C=O) groups excluding carboxylic acids is 1. The van der Waals surface area contributed by atoms with Crippen molar-refractivity contribution < 1.29 is 24.2 Å². The maximum absolute atomic E-state index is 12.3. The number of aliphatic carboxylic acids is 1. The lowest BCUT2D eigenvalue weighted by molar-refractivity contribution is -0.144. The van der Waals surface area contributed by atoms with Crippen LogP contribution in [0.25, 0.3) is 0 Å². The van der Waals surface area contributed by atoms with Crippen LogP contribution in [-0.4, -0.2) is 48.7 Å². The monoisotopic (exact) mass is 307 g/mol. The molecule has 1 amide bonds. The maximum Gasteiger partial charge on any atom is 0.323 e. The second kappa shape index (κ2) is 7.15. The number of aryl methyl sites for hydroxylation is 1. The molecule has 0 atom stereocenters. The SMILES string of the molecule is COc1ccc(OC)c(CCC(=O)N(CC(=O)O)C2CC2)c1. The standard InChI is InChI=1S/C16H21NO5/c1-21-13-6-7-14(22-2)11(9-13)3-8-15(18)17(10-16(19)20)12-4-5-12/h6-7,9,12H,3-5,8,10H2,1-2H3,(H,19,20). The summed E-state index contributed by atoms with van der Waals surface area (Å²) in [6, 6.07) is 5.53. The summed E-state index contributed by atoms with van der Waals surface area (Å²) in [6.45, 7) is -0.223. The molecule has 6 nitrogen and oxygen atoms in total. The average molecular weight is 307 g/mol. The molecule has 1 N–H and O–H groups in total. The molecule has 0 aliphatic heterocycles. The molecule has 6 heteroatoms. The van der Waals surface area contributed by atoms with Crippen LogP contribution < -0.4 is 9.47 Å². The second-order valence-electron chi connectivity index (χ2n) is 5.32. The molecule has 2 rings (SSSR count). The number of hydrogen-bond donors (Lipinski definition) is 1. The molecule has 120 valence electrons. The molecule has 1 aromatic carbocycles. The molecule has 22 heavy (non-hydrogen) atoms. The van der Waals surface area contributed by atoms with Gasteiger partial charge in [-0.25, -0.2) is 0 Å². The first-order valence-electron chi connectivity index (χ1n) is 7.27. The number of methoxy groups -OCH3 is 2. The number of carbonyl (C=O) groups is 2. The normalized spacial score (nSPS) is 13.5. The van der Waals surface area contributed by atoms with Crippen molar-refractivity contribution in [2.45, 2.75) is 31.7 Å². The smallest absolute Gasteiger partial charge is 0.323 e. The van der Waals surface area contributed by atoms with E-state index in [1.165, 1.54) is 4.90 Å². The van der Waals surface area contributed by atoms with E-state index in [0.29, 0.717) is 17.9 Å². The lowest BCUT2D eigenvalue weighted by atomic mass is 10.1. The molecule has 0 saturated heterocycles. The molecule has 0 radical (unpaired) electrons. The van der Waals surface area contributed by atoms with Gasteiger partial charge in [-0.3, -0.25) is 9.59 Å². The maximum atomic E-state index is 12.3. The van der Waals surface area contributed by atoms with Gasteiger partial charge in [0.05, 0.1) is 14.2 Å². The van der Waals surface area contributed by atoms with Crippen molar-refractivity contribution in [3.63, 3.8) is 0 Å². The molecule has 1 saturated carbocycles. The third-order valence-corrected chi connectivity index (χ3v) is 3.71. The first kappa shape index (κ1) is 16.1. The summed E-state index contributed by atoms with van der Waals surface area (Å²) in [4.78, 5) is 24.6. The highest BCUT2D eigenvalue weighted by Crippen LogP contribution is 2.29. The van der Waals surface area contributed by atoms with E-state index in [-0.39, 0.29) is 24.9 Å². The van der Waals surface area contributed by atoms with Crippen molar-refractivity contribution in [1.82, 2.24) is 4.90 Å². The fourth-order valence-corrected chi connectivity index (χ4v) is 2.42. The third-order valence-electron chi connectivity index (χ3n) is 3.71. The van der Waals surface area contributed by atoms with Gasteiger partial charge in [-0.1, -0.05) is 0 Å². The molecule has 1 aliphatic carbocycles. The minimum Gasteiger partial charge on any atom is -0.497 e. The number of ether oxygens (including phenoxy) is 2. The van der Waals surface area contributed by atoms with Gasteiger partial charge in [-0.05, 0) is 43.0 Å². The Morgan fingerprint density at radius 3 is 2.55 bits per heavy atom. The highest BCUT2D eigenvalue weighted by molar-refractivity contribution is 5.82. The fourth-order valence-electron chi connectivity index (χ4n) is 2.42. The predicted molar refractivity (Wildman–Crippen MR) is 80.2 cm³/mol. The summed E-state index contributed by atoms with van der Waals surface area (Å²) in [7, 11) is 3.16. The molecule has 0 unspecified atom stereocenters. The van der Waals surface area contributed by atoms with Crippen LogP contribution in [0, 0.1) is 0 Å². The van der Waals surface area contributed by atoms with Crippen molar-refractivity contribution in [3.8, 4) is 11.5 Å². The lowest BCUT2D eigenvalue weighted by Crippen LogP contribution is -2.37. The first-order chi connectivity index (χ1) is 10.5. The first-order valence-corrected chi connectivity index (χ1v) is 7.27. The molecule has 0 bridgehead atoms. The molecule has 0 heterocycles. The Morgan fingerprint density at radius 1 is 1.27 bits per heavy atom. The van der Waals surface area contributed by atoms with E-state index in [4.69, 9.17) is 14.6 Å². The van der Waals surface area contributed by atoms with Crippen LogP contribution in [0.15, 0.2) is 18.2 Å². The number of rotatable bonds is 8. The Kier molecular flexibility index (Phi) is 5.25. The quantitative estimate of drug-likeness (QED) is 0.791. The Labute approximate surface area is 129 Å². The Balaban J connectivity index is 2.01. The fraction of sp³-hybridized carbons (Fsp3) is 0.500. The van der Waals surface area contributed by atoms with E-state index in [1.54, 1.807) is 26.4 Å². The van der Waals surface area contributed by atoms with Gasteiger partial charge in [0.15, 0.2) is 0 Å². The zero-order valence-electron chi connectivity index (χ0n) is 12.9. The molecule has 1 aliphatic rings. The van der Waals surface area contributed by atoms with E-state index >= 15 is 0 Å². The minimum atomic E-state index is -0.973. The van der Waals surface area contributed by atoms with Gasteiger partial charge in [-0.15, -0.1) is 0 Å². The Hall–Kier alpha value is -2.24. The zero-order chi connectivity index (χ0) is 16.1. The predicted octanol–water partition coefficient (Wildman–Crippen LogP) is 1.71. The Morgan fingerprint density at radius 2 is 2.00 bits per heavy atom. The molecular formula is C16H21NO5. The number of amides is 1. The Bertz CT molecular complexity index is 553. The van der Waals surface area contributed by atoms with Gasteiger partial charge in [-0.2, -0.15) is 0 Å². The summed E-state index contributed by atoms with van der Waals surface area (Å²) in [5, 5.41) is 8.91. The zero-order valence-corrected chi connectivity index (χ0v) is 12.9. The minimum absolute atomic E-state index is 0.0933. The number of hydrogen-bond acceptors (Lipinski definition) is 4. The largest absolute Gasteiger partial charge is 0.497 e. The average Bonchev–Trinajstić information content (AvgIpc) is 3.34. The van der Waals surface area contributed by atoms with E-state index < -0.39 is 5.97 Å². The molecule has 1 aromatic rings. The van der Waals surface area contributed by atoms with Crippen molar-refractivity contribution in [2.24, 2.45) is 0 Å². The van der Waals surface area contributed by atoms with E-state index in [2.05, 4.69) is 0 Å². The van der Waals surface area contributed by atoms with Crippen LogP contribution in [0.3, 0.4) is 0 Å². The van der Waals surface area contributed by atoms with Crippen LogP contribution in [0.1, 0.15) is 24.8 Å². The van der Waals surface area contributed by atoms with E-state index in [1.807, 2.05) is 6.07 Å². The summed E-state index contributed by atoms with van der Waals surface area (Å²) in [6.07, 6.45) is 2.53. The number of carboxylic acids is 1. The van der Waals surface area contributed by atoms with Crippen LogP contribution in [0.5, 0.6) is 11.5 Å². The molecule has 1 fully saturated rings. The highest BCUT2D eigenvalue weighted by Gasteiger charge is 2.33. The van der Waals surface area contributed by atoms with Gasteiger partial charge in [0.25, 0.3) is 0 Å². The molecular weight excluding hydrogens is 286 g/mol. The van der Waals surface area contributed by atoms with Gasteiger partial charge in [0.2, 0.25) is 5.91 Å². The second-order valence-corrected chi connectivity index (χ2v) is 5.32. The number of carboxylic acid groups (broad SMARTS) is 1. The van der Waals surface area contributed by atoms with Crippen molar-refractivity contribution in [2.75, 3.05) is 20.8 Å².